The third kappa shape index (κ3) is 6.79. The standard InChI is InChI=1S/C33H39N3O4/c1-22-13-15-26(16-14-22)23(2)36-31(38)27-11-7-17-33(20-27,32(34)39)28(19-25-9-5-4-6-10-25)29(37)21-35-24(3)30-12-8-18-40-30/h4-18,23-24,28-29,35,37H,19-21H2,1-3H3,(H2,34,39)(H,36,38)/t23-,24?,28-,29+,33?/m1/s1. The zero-order valence-electron chi connectivity index (χ0n) is 23.3. The highest BCUT2D eigenvalue weighted by Crippen LogP contribution is 2.42. The fourth-order valence-corrected chi connectivity index (χ4v) is 5.37. The Balaban J connectivity index is 1.56. The van der Waals surface area contributed by atoms with Crippen LogP contribution in [0.25, 0.3) is 0 Å². The lowest BCUT2D eigenvalue weighted by atomic mass is 9.64. The molecule has 1 aromatic heterocycles. The minimum absolute atomic E-state index is 0.0909. The maximum absolute atomic E-state index is 13.4. The van der Waals surface area contributed by atoms with Crippen LogP contribution in [0.1, 0.15) is 54.8 Å². The molecule has 0 fully saturated rings. The summed E-state index contributed by atoms with van der Waals surface area (Å²) in [5, 5.41) is 17.9. The lowest BCUT2D eigenvalue weighted by Gasteiger charge is -2.41. The summed E-state index contributed by atoms with van der Waals surface area (Å²) in [5.41, 5.74) is 8.38. The molecule has 1 aliphatic carbocycles. The van der Waals surface area contributed by atoms with Crippen LogP contribution in [-0.2, 0) is 16.0 Å². The van der Waals surface area contributed by atoms with Gasteiger partial charge < -0.3 is 25.9 Å². The Morgan fingerprint density at radius 3 is 2.40 bits per heavy atom. The number of hydrogen-bond donors (Lipinski definition) is 4. The number of furan rings is 1. The Morgan fingerprint density at radius 1 is 1.02 bits per heavy atom. The molecule has 2 aromatic carbocycles. The second kappa shape index (κ2) is 12.9. The highest BCUT2D eigenvalue weighted by atomic mass is 16.3. The summed E-state index contributed by atoms with van der Waals surface area (Å²) in [6.45, 7) is 6.10. The third-order valence-corrected chi connectivity index (χ3v) is 7.88. The summed E-state index contributed by atoms with van der Waals surface area (Å²) < 4.78 is 5.49. The smallest absolute Gasteiger partial charge is 0.247 e. The number of carbonyl (C=O) groups excluding carboxylic acids is 2. The molecule has 40 heavy (non-hydrogen) atoms. The summed E-state index contributed by atoms with van der Waals surface area (Å²) in [7, 11) is 0. The van der Waals surface area contributed by atoms with E-state index in [0.29, 0.717) is 12.0 Å². The van der Waals surface area contributed by atoms with Gasteiger partial charge in [0.15, 0.2) is 0 Å². The molecular formula is C33H39N3O4. The second-order valence-electron chi connectivity index (χ2n) is 10.7. The normalized spacial score (nSPS) is 19.8. The Hall–Kier alpha value is -3.94. The van der Waals surface area contributed by atoms with Crippen LogP contribution >= 0.6 is 0 Å². The molecule has 210 valence electrons. The van der Waals surface area contributed by atoms with E-state index >= 15 is 0 Å². The summed E-state index contributed by atoms with van der Waals surface area (Å²) in [4.78, 5) is 26.7. The van der Waals surface area contributed by atoms with E-state index in [2.05, 4.69) is 10.6 Å². The highest BCUT2D eigenvalue weighted by Gasteiger charge is 2.47. The molecular weight excluding hydrogens is 502 g/mol. The van der Waals surface area contributed by atoms with Crippen LogP contribution in [0.15, 0.2) is 101 Å². The molecule has 0 radical (unpaired) electrons. The quantitative estimate of drug-likeness (QED) is 0.265. The van der Waals surface area contributed by atoms with Crippen molar-refractivity contribution >= 4 is 11.8 Å². The van der Waals surface area contributed by atoms with Crippen molar-refractivity contribution in [1.29, 1.82) is 0 Å². The van der Waals surface area contributed by atoms with E-state index in [9.17, 15) is 14.7 Å². The number of carbonyl (C=O) groups is 2. The number of benzene rings is 2. The van der Waals surface area contributed by atoms with Crippen molar-refractivity contribution in [2.45, 2.75) is 51.8 Å². The third-order valence-electron chi connectivity index (χ3n) is 7.88. The Kier molecular flexibility index (Phi) is 9.40. The number of allylic oxidation sites excluding steroid dienone is 2. The molecule has 4 rings (SSSR count). The maximum Gasteiger partial charge on any atom is 0.247 e. The number of amides is 2. The number of primary amides is 1. The molecule has 2 amide bonds. The molecule has 2 unspecified atom stereocenters. The summed E-state index contributed by atoms with van der Waals surface area (Å²) in [5.74, 6) is -0.682. The highest BCUT2D eigenvalue weighted by molar-refractivity contribution is 5.96. The van der Waals surface area contributed by atoms with Gasteiger partial charge in [-0.05, 0) is 56.9 Å². The molecule has 0 bridgehead atoms. The SMILES string of the molecule is Cc1ccc([C@@H](C)NC(=O)C2=CC=CC(C(N)=O)([C@H](Cc3ccccc3)[C@@H](O)CNC(C)c3ccco3)C2)cc1. The van der Waals surface area contributed by atoms with Gasteiger partial charge in [0.1, 0.15) is 5.76 Å². The van der Waals surface area contributed by atoms with Gasteiger partial charge in [-0.25, -0.2) is 0 Å². The van der Waals surface area contributed by atoms with E-state index in [1.807, 2.05) is 87.5 Å². The maximum atomic E-state index is 13.4. The van der Waals surface area contributed by atoms with E-state index in [1.165, 1.54) is 0 Å². The number of aliphatic hydroxyl groups excluding tert-OH is 1. The van der Waals surface area contributed by atoms with Crippen LogP contribution in [0.5, 0.6) is 0 Å². The largest absolute Gasteiger partial charge is 0.468 e. The van der Waals surface area contributed by atoms with Crippen molar-refractivity contribution in [3.05, 3.63) is 119 Å². The molecule has 0 aliphatic heterocycles. The Labute approximate surface area is 236 Å². The Bertz CT molecular complexity index is 1330. The van der Waals surface area contributed by atoms with Crippen LogP contribution in [0.2, 0.25) is 0 Å². The van der Waals surface area contributed by atoms with E-state index in [4.69, 9.17) is 10.2 Å². The van der Waals surface area contributed by atoms with Gasteiger partial charge in [-0.3, -0.25) is 9.59 Å². The van der Waals surface area contributed by atoms with Gasteiger partial charge in [0.25, 0.3) is 0 Å². The topological polar surface area (TPSA) is 118 Å². The van der Waals surface area contributed by atoms with E-state index in [1.54, 1.807) is 24.5 Å². The number of nitrogens with two attached hydrogens (primary N) is 1. The first kappa shape index (κ1) is 29.1. The van der Waals surface area contributed by atoms with E-state index in [-0.39, 0.29) is 31.0 Å². The minimum atomic E-state index is -1.26. The number of aliphatic hydroxyl groups is 1. The van der Waals surface area contributed by atoms with Gasteiger partial charge in [-0.1, -0.05) is 78.4 Å². The average molecular weight is 542 g/mol. The summed E-state index contributed by atoms with van der Waals surface area (Å²) in [6, 6.07) is 21.0. The molecule has 0 saturated heterocycles. The van der Waals surface area contributed by atoms with Gasteiger partial charge in [0.05, 0.1) is 29.9 Å². The van der Waals surface area contributed by atoms with Gasteiger partial charge in [-0.15, -0.1) is 0 Å². The van der Waals surface area contributed by atoms with Gasteiger partial charge in [0, 0.05) is 18.0 Å². The number of aryl methyl sites for hydroxylation is 1. The molecule has 5 atom stereocenters. The molecule has 7 heteroatoms. The fourth-order valence-electron chi connectivity index (χ4n) is 5.37. The molecule has 1 aliphatic rings. The van der Waals surface area contributed by atoms with Crippen LogP contribution in [0, 0.1) is 18.3 Å². The van der Waals surface area contributed by atoms with Crippen LogP contribution < -0.4 is 16.4 Å². The first-order valence-corrected chi connectivity index (χ1v) is 13.7. The monoisotopic (exact) mass is 541 g/mol. The zero-order valence-corrected chi connectivity index (χ0v) is 23.3. The lowest BCUT2D eigenvalue weighted by Crippen LogP contribution is -2.51. The zero-order chi connectivity index (χ0) is 28.7. The van der Waals surface area contributed by atoms with Crippen molar-refractivity contribution in [3.63, 3.8) is 0 Å². The van der Waals surface area contributed by atoms with Gasteiger partial charge in [-0.2, -0.15) is 0 Å². The molecule has 1 heterocycles. The van der Waals surface area contributed by atoms with Crippen molar-refractivity contribution in [1.82, 2.24) is 10.6 Å². The van der Waals surface area contributed by atoms with Crippen molar-refractivity contribution in [2.75, 3.05) is 6.54 Å². The second-order valence-corrected chi connectivity index (χ2v) is 10.7. The first-order valence-electron chi connectivity index (χ1n) is 13.7. The van der Waals surface area contributed by atoms with Crippen LogP contribution in [-0.4, -0.2) is 29.6 Å². The molecule has 5 N–H and O–H groups in total. The molecule has 0 spiro atoms. The van der Waals surface area contributed by atoms with Crippen molar-refractivity contribution in [2.24, 2.45) is 17.1 Å². The Morgan fingerprint density at radius 2 is 1.75 bits per heavy atom. The van der Waals surface area contributed by atoms with Crippen molar-refractivity contribution < 1.29 is 19.1 Å². The number of hydrogen-bond acceptors (Lipinski definition) is 5. The molecule has 0 saturated carbocycles. The predicted molar refractivity (Wildman–Crippen MR) is 156 cm³/mol. The van der Waals surface area contributed by atoms with Crippen molar-refractivity contribution in [3.8, 4) is 0 Å². The van der Waals surface area contributed by atoms with E-state index in [0.717, 1.165) is 22.5 Å². The first-order chi connectivity index (χ1) is 19.2. The van der Waals surface area contributed by atoms with Gasteiger partial charge >= 0.3 is 0 Å². The number of rotatable bonds is 12. The minimum Gasteiger partial charge on any atom is -0.468 e. The molecule has 3 aromatic rings. The van der Waals surface area contributed by atoms with Crippen LogP contribution in [0.4, 0.5) is 0 Å². The molecule has 7 nitrogen and oxygen atoms in total. The summed E-state index contributed by atoms with van der Waals surface area (Å²) >= 11 is 0. The van der Waals surface area contributed by atoms with Gasteiger partial charge in [0.2, 0.25) is 11.8 Å². The van der Waals surface area contributed by atoms with Crippen LogP contribution in [0.3, 0.4) is 0 Å². The lowest BCUT2D eigenvalue weighted by molar-refractivity contribution is -0.131. The summed E-state index contributed by atoms with van der Waals surface area (Å²) in [6.07, 6.45) is 6.35. The van der Waals surface area contributed by atoms with E-state index < -0.39 is 23.3 Å². The number of nitrogens with one attached hydrogen (secondary N) is 2. The average Bonchev–Trinajstić information content (AvgIpc) is 3.50. The fraction of sp³-hybridized carbons (Fsp3) is 0.333. The predicted octanol–water partition coefficient (Wildman–Crippen LogP) is 4.69.